The van der Waals surface area contributed by atoms with Crippen molar-refractivity contribution in [1.29, 1.82) is 0 Å². The molecule has 19 heteroatoms. The molecule has 0 aromatic carbocycles. The topological polar surface area (TPSA) is 237 Å². The summed E-state index contributed by atoms with van der Waals surface area (Å²) in [6, 6.07) is 0. The van der Waals surface area contributed by atoms with Gasteiger partial charge in [0.1, 0.15) is 19.3 Å². The molecule has 0 spiro atoms. The second-order valence-corrected chi connectivity index (χ2v) is 28.9. The number of hydrogen-bond acceptors (Lipinski definition) is 15. The molecule has 17 nitrogen and oxygen atoms in total. The van der Waals surface area contributed by atoms with Crippen molar-refractivity contribution in [3.8, 4) is 0 Å². The Morgan fingerprint density at radius 2 is 0.516 bits per heavy atom. The highest BCUT2D eigenvalue weighted by Gasteiger charge is 2.30. The van der Waals surface area contributed by atoms with Crippen molar-refractivity contribution in [3.63, 3.8) is 0 Å². The Morgan fingerprint density at radius 1 is 0.301 bits per heavy atom. The summed E-state index contributed by atoms with van der Waals surface area (Å²) in [5.41, 5.74) is 0. The van der Waals surface area contributed by atoms with Crippen LogP contribution in [0, 0.1) is 0 Å². The molecule has 0 aromatic rings. The predicted octanol–water partition coefficient (Wildman–Crippen LogP) is 21.4. The van der Waals surface area contributed by atoms with E-state index in [0.717, 1.165) is 103 Å². The molecule has 0 radical (unpaired) electrons. The maximum Gasteiger partial charge on any atom is 0.472 e. The van der Waals surface area contributed by atoms with Gasteiger partial charge in [0, 0.05) is 25.7 Å². The average Bonchev–Trinajstić information content (AvgIpc) is 2.86. The average molecular weight is 1360 g/mol. The lowest BCUT2D eigenvalue weighted by Gasteiger charge is -2.21. The zero-order valence-electron chi connectivity index (χ0n) is 59.7. The van der Waals surface area contributed by atoms with Crippen molar-refractivity contribution < 1.29 is 80.2 Å². The first-order valence-corrected chi connectivity index (χ1v) is 41.1. The van der Waals surface area contributed by atoms with E-state index >= 15 is 0 Å². The third-order valence-corrected chi connectivity index (χ3v) is 18.6. The van der Waals surface area contributed by atoms with Gasteiger partial charge in [0.15, 0.2) is 12.2 Å². The lowest BCUT2D eigenvalue weighted by Crippen LogP contribution is -2.30. The molecular formula is C74H140O17P2. The van der Waals surface area contributed by atoms with Gasteiger partial charge >= 0.3 is 39.5 Å². The summed E-state index contributed by atoms with van der Waals surface area (Å²) < 4.78 is 68.4. The number of phosphoric acid groups is 2. The summed E-state index contributed by atoms with van der Waals surface area (Å²) >= 11 is 0. The van der Waals surface area contributed by atoms with Crippen LogP contribution in [0.2, 0.25) is 0 Å². The first-order chi connectivity index (χ1) is 45.2. The molecule has 0 aliphatic carbocycles. The minimum absolute atomic E-state index is 0.0860. The van der Waals surface area contributed by atoms with Crippen molar-refractivity contribution in [2.75, 3.05) is 39.6 Å². The molecule has 0 aliphatic heterocycles. The number of rotatable bonds is 73. The van der Waals surface area contributed by atoms with E-state index < -0.39 is 97.5 Å². The monoisotopic (exact) mass is 1360 g/mol. The third-order valence-electron chi connectivity index (χ3n) is 16.7. The van der Waals surface area contributed by atoms with Gasteiger partial charge in [-0.1, -0.05) is 315 Å². The Hall–Kier alpha value is -2.46. The summed E-state index contributed by atoms with van der Waals surface area (Å²) in [5, 5.41) is 10.6. The fourth-order valence-electron chi connectivity index (χ4n) is 10.9. The number of carbonyl (C=O) groups is 4. The number of hydrogen-bond donors (Lipinski definition) is 3. The number of ether oxygens (including phenoxy) is 4. The Labute approximate surface area is 567 Å². The predicted molar refractivity (Wildman–Crippen MR) is 377 cm³/mol. The molecule has 3 N–H and O–H groups in total. The molecule has 5 atom stereocenters. The van der Waals surface area contributed by atoms with Gasteiger partial charge in [0.25, 0.3) is 0 Å². The molecule has 93 heavy (non-hydrogen) atoms. The Morgan fingerprint density at radius 3 is 0.785 bits per heavy atom. The number of allylic oxidation sites excluding steroid dienone is 4. The van der Waals surface area contributed by atoms with E-state index in [-0.39, 0.29) is 25.7 Å². The van der Waals surface area contributed by atoms with Crippen LogP contribution in [0.5, 0.6) is 0 Å². The lowest BCUT2D eigenvalue weighted by atomic mass is 10.0. The largest absolute Gasteiger partial charge is 0.472 e. The Kier molecular flexibility index (Phi) is 66.3. The van der Waals surface area contributed by atoms with Crippen molar-refractivity contribution in [3.05, 3.63) is 24.3 Å². The highest BCUT2D eigenvalue weighted by molar-refractivity contribution is 7.47. The van der Waals surface area contributed by atoms with E-state index in [1.54, 1.807) is 0 Å². The molecule has 2 unspecified atom stereocenters. The third kappa shape index (κ3) is 67.9. The molecule has 0 saturated carbocycles. The maximum absolute atomic E-state index is 13.1. The zero-order chi connectivity index (χ0) is 68.2. The highest BCUT2D eigenvalue weighted by atomic mass is 31.2. The number of phosphoric ester groups is 2. The number of unbranched alkanes of at least 4 members (excludes halogenated alkanes) is 44. The highest BCUT2D eigenvalue weighted by Crippen LogP contribution is 2.45. The van der Waals surface area contributed by atoms with Crippen LogP contribution in [0.3, 0.4) is 0 Å². The van der Waals surface area contributed by atoms with Crippen molar-refractivity contribution in [2.45, 2.75) is 386 Å². The molecule has 0 amide bonds. The second-order valence-electron chi connectivity index (χ2n) is 26.0. The minimum atomic E-state index is -4.96. The van der Waals surface area contributed by atoms with Crippen LogP contribution in [0.1, 0.15) is 368 Å². The number of aliphatic hydroxyl groups is 1. The molecule has 0 saturated heterocycles. The molecule has 0 aliphatic rings. The Balaban J connectivity index is 5.29. The number of carbonyl (C=O) groups excluding carboxylic acids is 4. The molecule has 0 aromatic heterocycles. The van der Waals surface area contributed by atoms with Gasteiger partial charge in [-0.05, 0) is 51.4 Å². The van der Waals surface area contributed by atoms with Crippen molar-refractivity contribution in [2.24, 2.45) is 0 Å². The number of esters is 4. The normalized spacial score (nSPS) is 14.1. The first kappa shape index (κ1) is 90.5. The van der Waals surface area contributed by atoms with E-state index in [1.807, 2.05) is 0 Å². The fraction of sp³-hybridized carbons (Fsp3) is 0.892. The SMILES string of the molecule is CCCCCC/C=C\C=C/CCCCCCCC(=O)O[C@H](COC(=O)CCCCCCCCCCCCCCCC)COP(=O)(O)OC[C@@H](O)COP(=O)(O)OC[C@@H](COC(=O)CCCCCCCCCCCCC)OC(=O)CCCCCCCCCCCCCCC. The van der Waals surface area contributed by atoms with Crippen LogP contribution in [0.4, 0.5) is 0 Å². The van der Waals surface area contributed by atoms with Crippen LogP contribution < -0.4 is 0 Å². The number of aliphatic hydroxyl groups excluding tert-OH is 1. The summed E-state index contributed by atoms with van der Waals surface area (Å²) in [7, 11) is -9.92. The smallest absolute Gasteiger partial charge is 0.462 e. The lowest BCUT2D eigenvalue weighted by molar-refractivity contribution is -0.161. The summed E-state index contributed by atoms with van der Waals surface area (Å²) in [5.74, 6) is -2.14. The van der Waals surface area contributed by atoms with E-state index in [0.29, 0.717) is 25.7 Å². The van der Waals surface area contributed by atoms with Crippen LogP contribution in [-0.4, -0.2) is 96.7 Å². The molecule has 548 valence electrons. The van der Waals surface area contributed by atoms with Crippen LogP contribution in [0.15, 0.2) is 24.3 Å². The first-order valence-electron chi connectivity index (χ1n) is 38.1. The van der Waals surface area contributed by atoms with Gasteiger partial charge in [-0.2, -0.15) is 0 Å². The molecular weight excluding hydrogens is 1220 g/mol. The van der Waals surface area contributed by atoms with Crippen LogP contribution in [-0.2, 0) is 65.4 Å². The molecule has 0 bridgehead atoms. The van der Waals surface area contributed by atoms with Gasteiger partial charge in [-0.15, -0.1) is 0 Å². The van der Waals surface area contributed by atoms with Gasteiger partial charge < -0.3 is 33.8 Å². The van der Waals surface area contributed by atoms with Gasteiger partial charge in [0.05, 0.1) is 26.4 Å². The van der Waals surface area contributed by atoms with E-state index in [4.69, 9.17) is 37.0 Å². The minimum Gasteiger partial charge on any atom is -0.462 e. The molecule has 0 fully saturated rings. The van der Waals surface area contributed by atoms with Gasteiger partial charge in [-0.25, -0.2) is 9.13 Å². The maximum atomic E-state index is 13.1. The fourth-order valence-corrected chi connectivity index (χ4v) is 12.4. The Bertz CT molecular complexity index is 1870. The second kappa shape index (κ2) is 68.1. The van der Waals surface area contributed by atoms with E-state index in [2.05, 4.69) is 52.0 Å². The summed E-state index contributed by atoms with van der Waals surface area (Å²) in [4.78, 5) is 72.7. The zero-order valence-corrected chi connectivity index (χ0v) is 61.5. The van der Waals surface area contributed by atoms with Crippen LogP contribution in [0.25, 0.3) is 0 Å². The van der Waals surface area contributed by atoms with Crippen molar-refractivity contribution in [1.82, 2.24) is 0 Å². The van der Waals surface area contributed by atoms with Gasteiger partial charge in [0.2, 0.25) is 0 Å². The molecule has 0 rings (SSSR count). The molecule has 0 heterocycles. The summed E-state index contributed by atoms with van der Waals surface area (Å²) in [6.07, 6.45) is 60.2. The van der Waals surface area contributed by atoms with E-state index in [1.165, 1.54) is 186 Å². The van der Waals surface area contributed by atoms with Crippen LogP contribution >= 0.6 is 15.6 Å². The quantitative estimate of drug-likeness (QED) is 0.0169. The standard InChI is InChI=1S/C74H140O17P2/c1-5-9-13-17-21-25-29-32-34-37-41-45-49-53-57-61-74(79)91-70(65-85-72(77)59-55-51-47-43-39-36-33-30-26-22-18-14-10-6-2)67-89-93(82,83)87-63-68(75)62-86-92(80,81)88-66-69(64-84-71(76)58-54-50-46-42-38-28-24-20-16-12-8-4)90-73(78)60-56-52-48-44-40-35-31-27-23-19-15-11-7-3/h25,29,32,34,68-70,75H,5-24,26-28,30-31,33,35-67H2,1-4H3,(H,80,81)(H,82,83)/b29-25-,34-32-/t68-,69+,70+/m0/s1. The van der Waals surface area contributed by atoms with Crippen molar-refractivity contribution >= 4 is 39.5 Å². The summed E-state index contributed by atoms with van der Waals surface area (Å²) in [6.45, 7) is 4.91. The van der Waals surface area contributed by atoms with Gasteiger partial charge in [-0.3, -0.25) is 37.3 Å². The van der Waals surface area contributed by atoms with E-state index in [9.17, 15) is 43.2 Å².